The van der Waals surface area contributed by atoms with E-state index in [1.165, 1.54) is 57.1 Å². The van der Waals surface area contributed by atoms with Crippen LogP contribution in [0, 0.1) is 0 Å². The summed E-state index contributed by atoms with van der Waals surface area (Å²) in [4.78, 5) is 10.9. The fourth-order valence-corrected chi connectivity index (χ4v) is 2.42. The minimum absolute atomic E-state index is 0.852. The van der Waals surface area contributed by atoms with Gasteiger partial charge in [0.2, 0.25) is 0 Å². The molecule has 1 aromatic carbocycles. The van der Waals surface area contributed by atoms with E-state index in [0.29, 0.717) is 0 Å². The van der Waals surface area contributed by atoms with Gasteiger partial charge in [0, 0.05) is 5.56 Å². The molecule has 0 amide bonds. The van der Waals surface area contributed by atoms with Crippen LogP contribution in [0.1, 0.15) is 67.8 Å². The van der Waals surface area contributed by atoms with E-state index in [2.05, 4.69) is 18.3 Å². The average Bonchev–Trinajstić information content (AvgIpc) is 2.49. The maximum Gasteiger partial charge on any atom is 0.150 e. The number of hydrogen-bond acceptors (Lipinski definition) is 2. The first-order valence-corrected chi connectivity index (χ1v) is 8.12. The van der Waals surface area contributed by atoms with E-state index in [-0.39, 0.29) is 0 Å². The summed E-state index contributed by atoms with van der Waals surface area (Å²) in [6.45, 7) is 4.55. The third kappa shape index (κ3) is 7.44. The summed E-state index contributed by atoms with van der Waals surface area (Å²) < 4.78 is 0. The molecule has 1 N–H and O–H groups in total. The Morgan fingerprint density at radius 3 is 2.40 bits per heavy atom. The van der Waals surface area contributed by atoms with Gasteiger partial charge in [-0.25, -0.2) is 0 Å². The van der Waals surface area contributed by atoms with Gasteiger partial charge in [-0.15, -0.1) is 0 Å². The number of benzene rings is 1. The minimum Gasteiger partial charge on any atom is -0.317 e. The summed E-state index contributed by atoms with van der Waals surface area (Å²) >= 11 is 0. The predicted octanol–water partition coefficient (Wildman–Crippen LogP) is 4.38. The third-order valence-corrected chi connectivity index (χ3v) is 3.69. The number of rotatable bonds is 12. The zero-order chi connectivity index (χ0) is 14.5. The van der Waals surface area contributed by atoms with Gasteiger partial charge in [-0.05, 0) is 44.3 Å². The quantitative estimate of drug-likeness (QED) is 0.453. The summed E-state index contributed by atoms with van der Waals surface area (Å²) in [7, 11) is 0. The Balaban J connectivity index is 1.98. The van der Waals surface area contributed by atoms with E-state index in [9.17, 15) is 4.79 Å². The number of aldehydes is 1. The molecule has 0 unspecified atom stereocenters. The molecule has 0 aliphatic heterocycles. The highest BCUT2D eigenvalue weighted by atomic mass is 16.1. The molecule has 0 aliphatic rings. The summed E-state index contributed by atoms with van der Waals surface area (Å²) in [6.07, 6.45) is 10.9. The lowest BCUT2D eigenvalue weighted by Crippen LogP contribution is -2.16. The van der Waals surface area contributed by atoms with Gasteiger partial charge in [-0.3, -0.25) is 4.79 Å². The Morgan fingerprint density at radius 2 is 1.65 bits per heavy atom. The van der Waals surface area contributed by atoms with E-state index in [1.54, 1.807) is 0 Å². The van der Waals surface area contributed by atoms with Crippen LogP contribution in [0.3, 0.4) is 0 Å². The smallest absolute Gasteiger partial charge is 0.150 e. The molecule has 1 rings (SSSR count). The van der Waals surface area contributed by atoms with Crippen LogP contribution in [0.2, 0.25) is 0 Å². The molecule has 0 aromatic heterocycles. The highest BCUT2D eigenvalue weighted by Crippen LogP contribution is 2.11. The molecule has 1 aromatic rings. The zero-order valence-electron chi connectivity index (χ0n) is 12.9. The van der Waals surface area contributed by atoms with Crippen LogP contribution in [0.15, 0.2) is 24.3 Å². The summed E-state index contributed by atoms with van der Waals surface area (Å²) in [5, 5.41) is 3.50. The highest BCUT2D eigenvalue weighted by molar-refractivity contribution is 5.77. The third-order valence-electron chi connectivity index (χ3n) is 3.69. The van der Waals surface area contributed by atoms with Gasteiger partial charge in [0.25, 0.3) is 0 Å². The monoisotopic (exact) mass is 275 g/mol. The van der Waals surface area contributed by atoms with Crippen molar-refractivity contribution in [3.8, 4) is 0 Å². The molecular weight excluding hydrogens is 246 g/mol. The van der Waals surface area contributed by atoms with Crippen molar-refractivity contribution >= 4 is 6.29 Å². The topological polar surface area (TPSA) is 29.1 Å². The molecule has 2 heteroatoms. The lowest BCUT2D eigenvalue weighted by atomic mass is 10.0. The fourth-order valence-electron chi connectivity index (χ4n) is 2.42. The van der Waals surface area contributed by atoms with Crippen LogP contribution >= 0.6 is 0 Å². The van der Waals surface area contributed by atoms with E-state index >= 15 is 0 Å². The zero-order valence-corrected chi connectivity index (χ0v) is 12.9. The van der Waals surface area contributed by atoms with Crippen molar-refractivity contribution in [2.45, 2.75) is 58.3 Å². The van der Waals surface area contributed by atoms with Crippen LogP contribution in [0.5, 0.6) is 0 Å². The number of nitrogens with one attached hydrogen (secondary N) is 1. The first kappa shape index (κ1) is 16.9. The second-order valence-electron chi connectivity index (χ2n) is 5.44. The molecule has 0 saturated carbocycles. The van der Waals surface area contributed by atoms with Gasteiger partial charge in [-0.1, -0.05) is 56.9 Å². The Morgan fingerprint density at radius 1 is 0.950 bits per heavy atom. The highest BCUT2D eigenvalue weighted by Gasteiger charge is 1.99. The lowest BCUT2D eigenvalue weighted by Gasteiger charge is -2.06. The summed E-state index contributed by atoms with van der Waals surface area (Å²) in [6, 6.07) is 7.92. The molecule has 0 spiro atoms. The molecule has 0 aliphatic carbocycles. The number of carbonyl (C=O) groups excluding carboxylic acids is 1. The summed E-state index contributed by atoms with van der Waals surface area (Å²) in [5.74, 6) is 0. The Kier molecular flexibility index (Phi) is 9.85. The van der Waals surface area contributed by atoms with Crippen molar-refractivity contribution in [3.05, 3.63) is 35.4 Å². The molecule has 0 radical (unpaired) electrons. The molecule has 0 saturated heterocycles. The molecule has 0 fully saturated rings. The molecule has 0 bridgehead atoms. The second-order valence-corrected chi connectivity index (χ2v) is 5.44. The van der Waals surface area contributed by atoms with E-state index in [4.69, 9.17) is 0 Å². The van der Waals surface area contributed by atoms with Gasteiger partial charge >= 0.3 is 0 Å². The van der Waals surface area contributed by atoms with Crippen molar-refractivity contribution < 1.29 is 4.79 Å². The van der Waals surface area contributed by atoms with Gasteiger partial charge in [0.1, 0.15) is 6.29 Å². The molecule has 20 heavy (non-hydrogen) atoms. The Hall–Kier alpha value is -1.15. The number of carbonyl (C=O) groups is 1. The first-order chi connectivity index (χ1) is 9.88. The SMILES string of the molecule is CCCCCNCCCCCCc1ccccc1C=O. The van der Waals surface area contributed by atoms with Gasteiger partial charge in [0.15, 0.2) is 0 Å². The number of aryl methyl sites for hydroxylation is 1. The molecular formula is C18H29NO. The van der Waals surface area contributed by atoms with Crippen LogP contribution in [0.25, 0.3) is 0 Å². The molecule has 0 atom stereocenters. The van der Waals surface area contributed by atoms with Crippen molar-refractivity contribution in [1.29, 1.82) is 0 Å². The normalized spacial score (nSPS) is 10.7. The maximum absolute atomic E-state index is 10.9. The predicted molar refractivity (Wildman–Crippen MR) is 86.4 cm³/mol. The Bertz CT molecular complexity index is 362. The van der Waals surface area contributed by atoms with Crippen LogP contribution < -0.4 is 5.32 Å². The van der Waals surface area contributed by atoms with Gasteiger partial charge in [0.05, 0.1) is 0 Å². The fraction of sp³-hybridized carbons (Fsp3) is 0.611. The largest absolute Gasteiger partial charge is 0.317 e. The van der Waals surface area contributed by atoms with Crippen molar-refractivity contribution in [3.63, 3.8) is 0 Å². The van der Waals surface area contributed by atoms with Crippen molar-refractivity contribution in [1.82, 2.24) is 5.32 Å². The van der Waals surface area contributed by atoms with Crippen LogP contribution in [0.4, 0.5) is 0 Å². The van der Waals surface area contributed by atoms with Crippen molar-refractivity contribution in [2.24, 2.45) is 0 Å². The van der Waals surface area contributed by atoms with E-state index in [0.717, 1.165) is 24.8 Å². The number of unbranched alkanes of at least 4 members (excludes halogenated alkanes) is 5. The van der Waals surface area contributed by atoms with Gasteiger partial charge < -0.3 is 5.32 Å². The van der Waals surface area contributed by atoms with E-state index < -0.39 is 0 Å². The molecule has 0 heterocycles. The summed E-state index contributed by atoms with van der Waals surface area (Å²) in [5.41, 5.74) is 2.05. The second kappa shape index (κ2) is 11.7. The lowest BCUT2D eigenvalue weighted by molar-refractivity contribution is 0.112. The first-order valence-electron chi connectivity index (χ1n) is 8.12. The van der Waals surface area contributed by atoms with Crippen LogP contribution in [-0.2, 0) is 6.42 Å². The standard InChI is InChI=1S/C18H29NO/c1-2-3-9-14-19-15-10-5-4-6-11-17-12-7-8-13-18(17)16-20/h7-8,12-13,16,19H,2-6,9-11,14-15H2,1H3. The van der Waals surface area contributed by atoms with Crippen molar-refractivity contribution in [2.75, 3.05) is 13.1 Å². The average molecular weight is 275 g/mol. The molecule has 112 valence electrons. The van der Waals surface area contributed by atoms with Gasteiger partial charge in [-0.2, -0.15) is 0 Å². The minimum atomic E-state index is 0.852. The van der Waals surface area contributed by atoms with E-state index in [1.807, 2.05) is 18.2 Å². The van der Waals surface area contributed by atoms with Crippen LogP contribution in [-0.4, -0.2) is 19.4 Å². The maximum atomic E-state index is 10.9. The number of hydrogen-bond donors (Lipinski definition) is 1. The Labute approximate surface area is 124 Å². The molecule has 2 nitrogen and oxygen atoms in total.